The van der Waals surface area contributed by atoms with Gasteiger partial charge < -0.3 is 15.4 Å². The Balaban J connectivity index is 1.64. The van der Waals surface area contributed by atoms with Gasteiger partial charge in [0.15, 0.2) is 5.82 Å². The molecule has 2 fully saturated rings. The third-order valence-corrected chi connectivity index (χ3v) is 4.28. The molecule has 2 N–H and O–H groups in total. The molecule has 0 radical (unpaired) electrons. The molecule has 1 heterocycles. The van der Waals surface area contributed by atoms with Crippen molar-refractivity contribution in [3.05, 3.63) is 11.9 Å². The second kappa shape index (κ2) is 5.95. The Kier molecular flexibility index (Phi) is 4.05. The molecule has 1 aromatic heterocycles. The van der Waals surface area contributed by atoms with E-state index in [-0.39, 0.29) is 0 Å². The number of aromatic nitrogens is 2. The Labute approximate surface area is 120 Å². The number of hydrogen-bond donors (Lipinski definition) is 2. The van der Waals surface area contributed by atoms with Gasteiger partial charge in [-0.2, -0.15) is 0 Å². The average Bonchev–Trinajstić information content (AvgIpc) is 3.32. The van der Waals surface area contributed by atoms with Crippen LogP contribution in [0.25, 0.3) is 0 Å². The van der Waals surface area contributed by atoms with Crippen LogP contribution < -0.4 is 10.6 Å². The summed E-state index contributed by atoms with van der Waals surface area (Å²) in [5.74, 6) is 5.22. The van der Waals surface area contributed by atoms with Gasteiger partial charge in [0.1, 0.15) is 18.2 Å². The average molecular weight is 276 g/mol. The maximum Gasteiger partial charge on any atom is 0.158 e. The van der Waals surface area contributed by atoms with Crippen molar-refractivity contribution in [2.75, 3.05) is 31.3 Å². The van der Waals surface area contributed by atoms with Crippen molar-refractivity contribution >= 4 is 11.6 Å². The highest BCUT2D eigenvalue weighted by Gasteiger charge is 2.41. The highest BCUT2D eigenvalue weighted by molar-refractivity contribution is 5.47. The zero-order valence-electron chi connectivity index (χ0n) is 12.4. The minimum absolute atomic E-state index is 0.443. The molecule has 0 saturated heterocycles. The lowest BCUT2D eigenvalue weighted by molar-refractivity contribution is 0.178. The normalized spacial score (nSPS) is 18.4. The smallest absolute Gasteiger partial charge is 0.158 e. The van der Waals surface area contributed by atoms with Crippen LogP contribution >= 0.6 is 0 Å². The minimum atomic E-state index is 0.443. The fourth-order valence-electron chi connectivity index (χ4n) is 2.90. The van der Waals surface area contributed by atoms with Gasteiger partial charge in [-0.25, -0.2) is 9.97 Å². The van der Waals surface area contributed by atoms with Crippen molar-refractivity contribution in [1.29, 1.82) is 0 Å². The highest BCUT2D eigenvalue weighted by atomic mass is 16.5. The largest absolute Gasteiger partial charge is 0.377 e. The van der Waals surface area contributed by atoms with Gasteiger partial charge in [0, 0.05) is 26.8 Å². The van der Waals surface area contributed by atoms with Gasteiger partial charge in [0.2, 0.25) is 0 Å². The van der Waals surface area contributed by atoms with Crippen LogP contribution in [0.15, 0.2) is 6.07 Å². The second-order valence-corrected chi connectivity index (χ2v) is 5.96. The molecule has 2 saturated carbocycles. The van der Waals surface area contributed by atoms with Crippen LogP contribution in [0.4, 0.5) is 11.6 Å². The zero-order valence-corrected chi connectivity index (χ0v) is 12.4. The summed E-state index contributed by atoms with van der Waals surface area (Å²) in [5, 5.41) is 6.59. The summed E-state index contributed by atoms with van der Waals surface area (Å²) in [5.41, 5.74) is 0. The van der Waals surface area contributed by atoms with E-state index in [4.69, 9.17) is 4.74 Å². The van der Waals surface area contributed by atoms with Gasteiger partial charge in [-0.05, 0) is 43.4 Å². The predicted molar refractivity (Wildman–Crippen MR) is 79.7 cm³/mol. The van der Waals surface area contributed by atoms with Crippen LogP contribution in [-0.2, 0) is 11.3 Å². The Morgan fingerprint density at radius 2 is 1.85 bits per heavy atom. The SMILES string of the molecule is CNc1cc(NCC(C2CC2)C2CC2)nc(COC)n1. The summed E-state index contributed by atoms with van der Waals surface area (Å²) in [6.07, 6.45) is 5.68. The fraction of sp³-hybridized carbons (Fsp3) is 0.733. The van der Waals surface area contributed by atoms with E-state index < -0.39 is 0 Å². The first-order valence-electron chi connectivity index (χ1n) is 7.58. The molecule has 20 heavy (non-hydrogen) atoms. The predicted octanol–water partition coefficient (Wildman–Crippen LogP) is 2.51. The van der Waals surface area contributed by atoms with Gasteiger partial charge in [-0.15, -0.1) is 0 Å². The highest BCUT2D eigenvalue weighted by Crippen LogP contribution is 2.49. The van der Waals surface area contributed by atoms with Crippen molar-refractivity contribution in [3.63, 3.8) is 0 Å². The molecule has 0 aliphatic heterocycles. The lowest BCUT2D eigenvalue weighted by Gasteiger charge is -2.17. The second-order valence-electron chi connectivity index (χ2n) is 5.96. The van der Waals surface area contributed by atoms with Gasteiger partial charge in [0.05, 0.1) is 0 Å². The monoisotopic (exact) mass is 276 g/mol. The molecule has 0 spiro atoms. The number of hydrogen-bond acceptors (Lipinski definition) is 5. The number of nitrogens with zero attached hydrogens (tertiary/aromatic N) is 2. The van der Waals surface area contributed by atoms with Crippen LogP contribution in [0.2, 0.25) is 0 Å². The van der Waals surface area contributed by atoms with Crippen LogP contribution in [0.5, 0.6) is 0 Å². The quantitative estimate of drug-likeness (QED) is 0.764. The molecule has 0 bridgehead atoms. The molecule has 0 aromatic carbocycles. The Bertz CT molecular complexity index is 445. The zero-order chi connectivity index (χ0) is 13.9. The first kappa shape index (κ1) is 13.6. The van der Waals surface area contributed by atoms with E-state index in [1.165, 1.54) is 25.7 Å². The molecule has 110 valence electrons. The van der Waals surface area contributed by atoms with Crippen molar-refractivity contribution in [2.24, 2.45) is 17.8 Å². The summed E-state index contributed by atoms with van der Waals surface area (Å²) < 4.78 is 5.12. The van der Waals surface area contributed by atoms with E-state index in [1.54, 1.807) is 7.11 Å². The molecular formula is C15H24N4O. The lowest BCUT2D eigenvalue weighted by atomic mass is 9.98. The molecule has 5 heteroatoms. The number of anilines is 2. The molecule has 0 amide bonds. The number of nitrogens with one attached hydrogen (secondary N) is 2. The number of methoxy groups -OCH3 is 1. The van der Waals surface area contributed by atoms with E-state index in [1.807, 2.05) is 13.1 Å². The lowest BCUT2D eigenvalue weighted by Crippen LogP contribution is -2.19. The maximum atomic E-state index is 5.12. The van der Waals surface area contributed by atoms with Crippen LogP contribution in [-0.4, -0.2) is 30.7 Å². The molecule has 1 aromatic rings. The van der Waals surface area contributed by atoms with Crippen LogP contribution in [0.1, 0.15) is 31.5 Å². The van der Waals surface area contributed by atoms with Crippen molar-refractivity contribution in [1.82, 2.24) is 9.97 Å². The van der Waals surface area contributed by atoms with Crippen molar-refractivity contribution in [2.45, 2.75) is 32.3 Å². The third-order valence-electron chi connectivity index (χ3n) is 4.28. The third kappa shape index (κ3) is 3.39. The maximum absolute atomic E-state index is 5.12. The summed E-state index contributed by atoms with van der Waals surface area (Å²) in [4.78, 5) is 8.89. The molecule has 3 rings (SSSR count). The first-order chi connectivity index (χ1) is 9.80. The summed E-state index contributed by atoms with van der Waals surface area (Å²) in [6.45, 7) is 1.49. The molecule has 5 nitrogen and oxygen atoms in total. The molecule has 0 unspecified atom stereocenters. The van der Waals surface area contributed by atoms with Crippen LogP contribution in [0, 0.1) is 17.8 Å². The van der Waals surface area contributed by atoms with Gasteiger partial charge in [-0.3, -0.25) is 0 Å². The molecular weight excluding hydrogens is 252 g/mol. The minimum Gasteiger partial charge on any atom is -0.377 e. The van der Waals surface area contributed by atoms with E-state index in [0.717, 1.165) is 41.8 Å². The summed E-state index contributed by atoms with van der Waals surface area (Å²) in [6, 6.07) is 1.97. The first-order valence-corrected chi connectivity index (χ1v) is 7.58. The van der Waals surface area contributed by atoms with Gasteiger partial charge >= 0.3 is 0 Å². The van der Waals surface area contributed by atoms with Crippen LogP contribution in [0.3, 0.4) is 0 Å². The summed E-state index contributed by atoms with van der Waals surface area (Å²) in [7, 11) is 3.54. The van der Waals surface area contributed by atoms with E-state index in [2.05, 4.69) is 20.6 Å². The fourth-order valence-corrected chi connectivity index (χ4v) is 2.90. The molecule has 2 aliphatic rings. The molecule has 2 aliphatic carbocycles. The topological polar surface area (TPSA) is 59.1 Å². The van der Waals surface area contributed by atoms with Gasteiger partial charge in [-0.1, -0.05) is 0 Å². The Morgan fingerprint density at radius 1 is 1.20 bits per heavy atom. The Hall–Kier alpha value is -1.36. The van der Waals surface area contributed by atoms with Crippen molar-refractivity contribution < 1.29 is 4.74 Å². The van der Waals surface area contributed by atoms with Gasteiger partial charge in [0.25, 0.3) is 0 Å². The van der Waals surface area contributed by atoms with Crippen molar-refractivity contribution in [3.8, 4) is 0 Å². The van der Waals surface area contributed by atoms with E-state index in [0.29, 0.717) is 6.61 Å². The van der Waals surface area contributed by atoms with E-state index >= 15 is 0 Å². The standard InChI is InChI=1S/C15H24N4O/c1-16-13-7-14(19-15(18-13)9-20-2)17-8-12(10-3-4-10)11-5-6-11/h7,10-12H,3-6,8-9H2,1-2H3,(H2,16,17,18,19). The molecule has 0 atom stereocenters. The Morgan fingerprint density at radius 3 is 2.40 bits per heavy atom. The van der Waals surface area contributed by atoms with E-state index in [9.17, 15) is 0 Å². The number of ether oxygens (including phenoxy) is 1. The number of rotatable bonds is 8. The summed E-state index contributed by atoms with van der Waals surface area (Å²) >= 11 is 0.